The number of hydrogen-bond acceptors (Lipinski definition) is 2. The lowest BCUT2D eigenvalue weighted by atomic mass is 10.0. The van der Waals surface area contributed by atoms with Crippen LogP contribution in [0.2, 0.25) is 0 Å². The van der Waals surface area contributed by atoms with E-state index in [4.69, 9.17) is 22.4 Å². The van der Waals surface area contributed by atoms with Crippen LogP contribution in [0.15, 0.2) is 24.3 Å². The summed E-state index contributed by atoms with van der Waals surface area (Å²) in [4.78, 5) is 10.4. The molecule has 0 aromatic heterocycles. The van der Waals surface area contributed by atoms with Gasteiger partial charge in [0.25, 0.3) is 0 Å². The van der Waals surface area contributed by atoms with Crippen LogP contribution in [0.1, 0.15) is 24.5 Å². The number of aliphatic carboxylic acids is 1. The van der Waals surface area contributed by atoms with E-state index >= 15 is 0 Å². The molecular weight excluding hydrogens is 238 g/mol. The Balaban J connectivity index is 2.90. The molecular formula is C13H16ClNO2. The Morgan fingerprint density at radius 2 is 2.29 bits per heavy atom. The van der Waals surface area contributed by atoms with E-state index in [1.165, 1.54) is 0 Å². The predicted molar refractivity (Wildman–Crippen MR) is 71.2 cm³/mol. The van der Waals surface area contributed by atoms with Crippen molar-refractivity contribution in [1.29, 1.82) is 0 Å². The quantitative estimate of drug-likeness (QED) is 0.482. The number of rotatable bonds is 5. The van der Waals surface area contributed by atoms with Crippen LogP contribution >= 0.6 is 11.6 Å². The van der Waals surface area contributed by atoms with Gasteiger partial charge in [0.05, 0.1) is 0 Å². The first-order valence-electron chi connectivity index (χ1n) is 5.46. The zero-order chi connectivity index (χ0) is 12.8. The molecule has 1 unspecified atom stereocenters. The molecule has 1 aromatic carbocycles. The molecule has 0 aliphatic carbocycles. The molecule has 0 amide bonds. The van der Waals surface area contributed by atoms with Crippen molar-refractivity contribution in [2.75, 3.05) is 5.73 Å². The second-order valence-electron chi connectivity index (χ2n) is 3.84. The van der Waals surface area contributed by atoms with Crippen molar-refractivity contribution in [1.82, 2.24) is 0 Å². The third-order valence-corrected chi connectivity index (χ3v) is 2.93. The van der Waals surface area contributed by atoms with Gasteiger partial charge in [0.1, 0.15) is 0 Å². The van der Waals surface area contributed by atoms with E-state index in [1.54, 1.807) is 18.2 Å². The maximum Gasteiger partial charge on any atom is 0.328 e. The number of carboxylic acids is 1. The highest BCUT2D eigenvalue weighted by Crippen LogP contribution is 2.20. The Hall–Kier alpha value is -1.48. The highest BCUT2D eigenvalue weighted by atomic mass is 35.5. The summed E-state index contributed by atoms with van der Waals surface area (Å²) in [6.45, 7) is 2.02. The Morgan fingerprint density at radius 1 is 1.59 bits per heavy atom. The molecule has 3 nitrogen and oxygen atoms in total. The van der Waals surface area contributed by atoms with Crippen molar-refractivity contribution < 1.29 is 9.90 Å². The van der Waals surface area contributed by atoms with Crippen LogP contribution in [0.4, 0.5) is 5.69 Å². The van der Waals surface area contributed by atoms with E-state index in [1.807, 2.05) is 13.0 Å². The van der Waals surface area contributed by atoms with Gasteiger partial charge in [-0.3, -0.25) is 0 Å². The molecule has 0 radical (unpaired) electrons. The topological polar surface area (TPSA) is 63.3 Å². The van der Waals surface area contributed by atoms with Gasteiger partial charge in [-0.25, -0.2) is 4.79 Å². The minimum Gasteiger partial charge on any atom is -0.478 e. The fourth-order valence-corrected chi connectivity index (χ4v) is 1.62. The Morgan fingerprint density at radius 3 is 2.88 bits per heavy atom. The summed E-state index contributed by atoms with van der Waals surface area (Å²) >= 11 is 6.08. The summed E-state index contributed by atoms with van der Waals surface area (Å²) in [5.74, 6) is -0.966. The Kier molecular flexibility index (Phi) is 5.04. The van der Waals surface area contributed by atoms with E-state index < -0.39 is 5.97 Å². The van der Waals surface area contributed by atoms with Gasteiger partial charge in [0.15, 0.2) is 0 Å². The van der Waals surface area contributed by atoms with Crippen molar-refractivity contribution in [2.45, 2.75) is 25.1 Å². The van der Waals surface area contributed by atoms with Gasteiger partial charge >= 0.3 is 5.97 Å². The highest BCUT2D eigenvalue weighted by molar-refractivity contribution is 6.20. The molecule has 0 bridgehead atoms. The summed E-state index contributed by atoms with van der Waals surface area (Å²) in [7, 11) is 0. The summed E-state index contributed by atoms with van der Waals surface area (Å²) in [5.41, 5.74) is 8.31. The smallest absolute Gasteiger partial charge is 0.328 e. The zero-order valence-electron chi connectivity index (χ0n) is 9.69. The summed E-state index contributed by atoms with van der Waals surface area (Å²) in [6, 6.07) is 5.43. The molecule has 3 N–H and O–H groups in total. The largest absolute Gasteiger partial charge is 0.478 e. The van der Waals surface area contributed by atoms with Gasteiger partial charge in [-0.2, -0.15) is 0 Å². The molecule has 17 heavy (non-hydrogen) atoms. The minimum absolute atomic E-state index is 0.0519. The van der Waals surface area contributed by atoms with Crippen LogP contribution in [0, 0.1) is 0 Å². The number of halogens is 1. The Labute approximate surface area is 106 Å². The molecule has 1 aromatic rings. The highest BCUT2D eigenvalue weighted by Gasteiger charge is 2.06. The number of alkyl halides is 1. The molecule has 1 rings (SSSR count). The monoisotopic (exact) mass is 253 g/mol. The first-order chi connectivity index (χ1) is 8.02. The molecule has 0 saturated heterocycles. The Bertz CT molecular complexity index is 429. The summed E-state index contributed by atoms with van der Waals surface area (Å²) < 4.78 is 0. The first-order valence-corrected chi connectivity index (χ1v) is 5.90. The van der Waals surface area contributed by atoms with Crippen molar-refractivity contribution >= 4 is 29.3 Å². The van der Waals surface area contributed by atoms with E-state index in [2.05, 4.69) is 0 Å². The zero-order valence-corrected chi connectivity index (χ0v) is 10.4. The number of carboxylic acid groups (broad SMARTS) is 1. The van der Waals surface area contributed by atoms with Gasteiger partial charge in [-0.15, -0.1) is 11.6 Å². The van der Waals surface area contributed by atoms with Crippen molar-refractivity contribution in [3.8, 4) is 0 Å². The van der Waals surface area contributed by atoms with Crippen molar-refractivity contribution in [2.24, 2.45) is 0 Å². The van der Waals surface area contributed by atoms with E-state index in [0.717, 1.165) is 23.6 Å². The molecule has 92 valence electrons. The fraction of sp³-hybridized carbons (Fsp3) is 0.308. The molecule has 1 atom stereocenters. The summed E-state index contributed by atoms with van der Waals surface area (Å²) in [5, 5.41) is 8.60. The SMILES string of the molecule is CCC(Cl)Cc1cc(C=CC(=O)O)ccc1N. The number of carbonyl (C=O) groups is 1. The van der Waals surface area contributed by atoms with E-state index in [0.29, 0.717) is 12.1 Å². The third-order valence-electron chi connectivity index (χ3n) is 2.47. The molecule has 4 heteroatoms. The van der Waals surface area contributed by atoms with Gasteiger partial charge in [0.2, 0.25) is 0 Å². The summed E-state index contributed by atoms with van der Waals surface area (Å²) in [6.07, 6.45) is 4.21. The fourth-order valence-electron chi connectivity index (χ4n) is 1.46. The average Bonchev–Trinajstić information content (AvgIpc) is 2.29. The van der Waals surface area contributed by atoms with Gasteiger partial charge in [0, 0.05) is 17.1 Å². The van der Waals surface area contributed by atoms with Crippen LogP contribution in [-0.4, -0.2) is 16.5 Å². The molecule has 0 heterocycles. The standard InChI is InChI=1S/C13H16ClNO2/c1-2-11(14)8-10-7-9(3-5-12(10)15)4-6-13(16)17/h3-7,11H,2,8,15H2,1H3,(H,16,17). The second-order valence-corrected chi connectivity index (χ2v) is 4.46. The van der Waals surface area contributed by atoms with E-state index in [9.17, 15) is 4.79 Å². The number of nitrogens with two attached hydrogens (primary N) is 1. The third kappa shape index (κ3) is 4.49. The average molecular weight is 254 g/mol. The maximum absolute atomic E-state index is 10.4. The van der Waals surface area contributed by atoms with Crippen molar-refractivity contribution in [3.63, 3.8) is 0 Å². The lowest BCUT2D eigenvalue weighted by Gasteiger charge is -2.10. The predicted octanol–water partition coefficient (Wildman–Crippen LogP) is 2.93. The van der Waals surface area contributed by atoms with Crippen LogP contribution in [-0.2, 0) is 11.2 Å². The van der Waals surface area contributed by atoms with Gasteiger partial charge in [-0.05, 0) is 42.2 Å². The van der Waals surface area contributed by atoms with Crippen LogP contribution in [0.5, 0.6) is 0 Å². The van der Waals surface area contributed by atoms with E-state index in [-0.39, 0.29) is 5.38 Å². The molecule has 0 aliphatic rings. The number of anilines is 1. The molecule has 0 aliphatic heterocycles. The van der Waals surface area contributed by atoms with Gasteiger partial charge < -0.3 is 10.8 Å². The molecule has 0 spiro atoms. The lowest BCUT2D eigenvalue weighted by molar-refractivity contribution is -0.131. The van der Waals surface area contributed by atoms with Crippen LogP contribution < -0.4 is 5.73 Å². The minimum atomic E-state index is -0.966. The normalized spacial score (nSPS) is 12.8. The molecule has 0 fully saturated rings. The number of hydrogen-bond donors (Lipinski definition) is 2. The van der Waals surface area contributed by atoms with Crippen LogP contribution in [0.3, 0.4) is 0 Å². The molecule has 0 saturated carbocycles. The van der Waals surface area contributed by atoms with Gasteiger partial charge in [-0.1, -0.05) is 13.0 Å². The number of benzene rings is 1. The van der Waals surface area contributed by atoms with Crippen LogP contribution in [0.25, 0.3) is 6.08 Å². The lowest BCUT2D eigenvalue weighted by Crippen LogP contribution is -2.04. The first kappa shape index (κ1) is 13.6. The number of nitrogen functional groups attached to an aromatic ring is 1. The maximum atomic E-state index is 10.4. The second kappa shape index (κ2) is 6.30. The van der Waals surface area contributed by atoms with Crippen molar-refractivity contribution in [3.05, 3.63) is 35.4 Å².